The number of aliphatic hydroxyl groups excluding tert-OH is 1. The summed E-state index contributed by atoms with van der Waals surface area (Å²) in [5.41, 5.74) is 1.22. The molecule has 1 N–H and O–H groups in total. The fraction of sp³-hybridized carbons (Fsp3) is 0.154. The average Bonchev–Trinajstić information content (AvgIpc) is 2.97. The molecule has 0 saturated heterocycles. The molecule has 0 fully saturated rings. The normalized spacial score (nSPS) is 11.1. The van der Waals surface area contributed by atoms with Crippen LogP contribution in [0, 0.1) is 5.82 Å². The van der Waals surface area contributed by atoms with E-state index >= 15 is 0 Å². The third-order valence-corrected chi connectivity index (χ3v) is 3.48. The first-order valence-corrected chi connectivity index (χ1v) is 6.57. The summed E-state index contributed by atoms with van der Waals surface area (Å²) in [6.45, 7) is 0.0262. The summed E-state index contributed by atoms with van der Waals surface area (Å²) in [6.07, 6.45) is 3.81. The van der Waals surface area contributed by atoms with Crippen molar-refractivity contribution >= 4 is 16.3 Å². The van der Waals surface area contributed by atoms with E-state index in [1.54, 1.807) is 11.3 Å². The van der Waals surface area contributed by atoms with Gasteiger partial charge in [-0.25, -0.2) is 9.37 Å². The number of halogens is 1. The van der Waals surface area contributed by atoms with Gasteiger partial charge in [0, 0.05) is 23.3 Å². The average molecular weight is 278 g/mol. The van der Waals surface area contributed by atoms with Gasteiger partial charge >= 0.3 is 0 Å². The van der Waals surface area contributed by atoms with Crippen molar-refractivity contribution in [2.24, 2.45) is 0 Å². The standard InChI is InChI=1S/C13H11FN2O2S/c14-10-1-2-12(9(5-10)7-17)18-8-11-6-16-3-4-19-13(16)15-11/h1-6,17H,7-8H2. The summed E-state index contributed by atoms with van der Waals surface area (Å²) in [6, 6.07) is 4.08. The van der Waals surface area contributed by atoms with E-state index in [-0.39, 0.29) is 19.0 Å². The molecular formula is C13H11FN2O2S. The molecule has 0 saturated carbocycles. The molecule has 4 nitrogen and oxygen atoms in total. The molecule has 1 aromatic carbocycles. The van der Waals surface area contributed by atoms with E-state index in [4.69, 9.17) is 9.84 Å². The Morgan fingerprint density at radius 1 is 1.42 bits per heavy atom. The Labute approximate surface area is 112 Å². The molecule has 19 heavy (non-hydrogen) atoms. The van der Waals surface area contributed by atoms with Crippen LogP contribution in [-0.4, -0.2) is 14.5 Å². The quantitative estimate of drug-likeness (QED) is 0.798. The van der Waals surface area contributed by atoms with E-state index in [1.807, 2.05) is 22.2 Å². The number of rotatable bonds is 4. The van der Waals surface area contributed by atoms with Crippen LogP contribution in [0.2, 0.25) is 0 Å². The maximum Gasteiger partial charge on any atom is 0.193 e. The predicted octanol–water partition coefficient (Wildman–Crippen LogP) is 2.61. The number of aromatic nitrogens is 2. The lowest BCUT2D eigenvalue weighted by atomic mass is 10.2. The molecule has 0 bridgehead atoms. The molecule has 0 aliphatic carbocycles. The highest BCUT2D eigenvalue weighted by Gasteiger charge is 2.07. The van der Waals surface area contributed by atoms with Crippen LogP contribution in [-0.2, 0) is 13.2 Å². The second-order valence-corrected chi connectivity index (χ2v) is 4.90. The molecule has 2 heterocycles. The summed E-state index contributed by atoms with van der Waals surface area (Å²) < 4.78 is 20.5. The Balaban J connectivity index is 1.77. The predicted molar refractivity (Wildman–Crippen MR) is 69.7 cm³/mol. The summed E-state index contributed by atoms with van der Waals surface area (Å²) in [5.74, 6) is 0.0826. The minimum absolute atomic E-state index is 0.259. The highest BCUT2D eigenvalue weighted by atomic mass is 32.1. The third kappa shape index (κ3) is 2.45. The number of benzene rings is 1. The van der Waals surface area contributed by atoms with Crippen molar-refractivity contribution in [2.45, 2.75) is 13.2 Å². The number of ether oxygens (including phenoxy) is 1. The first-order valence-electron chi connectivity index (χ1n) is 5.69. The van der Waals surface area contributed by atoms with E-state index < -0.39 is 0 Å². The van der Waals surface area contributed by atoms with Crippen molar-refractivity contribution < 1.29 is 14.2 Å². The number of fused-ring (bicyclic) bond motifs is 1. The van der Waals surface area contributed by atoms with Crippen molar-refractivity contribution in [1.82, 2.24) is 9.38 Å². The van der Waals surface area contributed by atoms with Gasteiger partial charge in [0.2, 0.25) is 0 Å². The molecule has 0 aliphatic rings. The lowest BCUT2D eigenvalue weighted by Crippen LogP contribution is -1.99. The van der Waals surface area contributed by atoms with Crippen LogP contribution < -0.4 is 4.74 Å². The van der Waals surface area contributed by atoms with Gasteiger partial charge in [0.05, 0.1) is 12.3 Å². The van der Waals surface area contributed by atoms with Gasteiger partial charge in [-0.3, -0.25) is 4.40 Å². The number of nitrogens with zero attached hydrogens (tertiary/aromatic N) is 2. The summed E-state index contributed by atoms with van der Waals surface area (Å²) >= 11 is 1.55. The summed E-state index contributed by atoms with van der Waals surface area (Å²) in [4.78, 5) is 5.28. The molecule has 6 heteroatoms. The largest absolute Gasteiger partial charge is 0.487 e. The minimum Gasteiger partial charge on any atom is -0.487 e. The van der Waals surface area contributed by atoms with E-state index in [9.17, 15) is 4.39 Å². The number of hydrogen-bond donors (Lipinski definition) is 1. The van der Waals surface area contributed by atoms with Crippen molar-refractivity contribution in [1.29, 1.82) is 0 Å². The molecule has 0 aliphatic heterocycles. The number of aliphatic hydroxyl groups is 1. The SMILES string of the molecule is OCc1cc(F)ccc1OCc1cn2ccsc2n1. The Bertz CT molecular complexity index is 679. The fourth-order valence-corrected chi connectivity index (χ4v) is 2.53. The highest BCUT2D eigenvalue weighted by Crippen LogP contribution is 2.21. The maximum atomic E-state index is 13.0. The lowest BCUT2D eigenvalue weighted by Gasteiger charge is -2.08. The maximum absolute atomic E-state index is 13.0. The third-order valence-electron chi connectivity index (χ3n) is 2.71. The molecular weight excluding hydrogens is 267 g/mol. The van der Waals surface area contributed by atoms with Crippen LogP contribution in [0.3, 0.4) is 0 Å². The van der Waals surface area contributed by atoms with Crippen molar-refractivity contribution in [2.75, 3.05) is 0 Å². The molecule has 0 atom stereocenters. The molecule has 2 aromatic heterocycles. The van der Waals surface area contributed by atoms with Crippen LogP contribution in [0.5, 0.6) is 5.75 Å². The summed E-state index contributed by atoms with van der Waals surface area (Å²) in [5, 5.41) is 11.1. The molecule has 98 valence electrons. The topological polar surface area (TPSA) is 46.8 Å². The van der Waals surface area contributed by atoms with E-state index in [2.05, 4.69) is 4.98 Å². The van der Waals surface area contributed by atoms with Gasteiger partial charge in [-0.1, -0.05) is 0 Å². The lowest BCUT2D eigenvalue weighted by molar-refractivity contribution is 0.257. The van der Waals surface area contributed by atoms with E-state index in [0.29, 0.717) is 11.3 Å². The molecule has 0 unspecified atom stereocenters. The smallest absolute Gasteiger partial charge is 0.193 e. The number of hydrogen-bond acceptors (Lipinski definition) is 4. The Morgan fingerprint density at radius 3 is 3.11 bits per heavy atom. The zero-order valence-corrected chi connectivity index (χ0v) is 10.7. The van der Waals surface area contributed by atoms with E-state index in [0.717, 1.165) is 10.7 Å². The zero-order chi connectivity index (χ0) is 13.2. The van der Waals surface area contributed by atoms with Crippen molar-refractivity contribution in [3.8, 4) is 5.75 Å². The highest BCUT2D eigenvalue weighted by molar-refractivity contribution is 7.15. The second-order valence-electron chi connectivity index (χ2n) is 4.02. The first-order chi connectivity index (χ1) is 9.26. The van der Waals surface area contributed by atoms with Gasteiger partial charge in [-0.2, -0.15) is 0 Å². The van der Waals surface area contributed by atoms with Crippen LogP contribution in [0.1, 0.15) is 11.3 Å². The molecule has 0 spiro atoms. The number of imidazole rings is 1. The van der Waals surface area contributed by atoms with Crippen LogP contribution in [0.15, 0.2) is 36.0 Å². The monoisotopic (exact) mass is 278 g/mol. The van der Waals surface area contributed by atoms with Gasteiger partial charge in [-0.05, 0) is 18.2 Å². The van der Waals surface area contributed by atoms with Crippen LogP contribution >= 0.6 is 11.3 Å². The molecule has 0 radical (unpaired) electrons. The molecule has 0 amide bonds. The van der Waals surface area contributed by atoms with Gasteiger partial charge in [0.25, 0.3) is 0 Å². The van der Waals surface area contributed by atoms with Crippen molar-refractivity contribution in [3.05, 3.63) is 53.0 Å². The van der Waals surface area contributed by atoms with Gasteiger partial charge in [0.15, 0.2) is 4.96 Å². The van der Waals surface area contributed by atoms with Crippen molar-refractivity contribution in [3.63, 3.8) is 0 Å². The van der Waals surface area contributed by atoms with E-state index in [1.165, 1.54) is 18.2 Å². The van der Waals surface area contributed by atoms with Gasteiger partial charge in [0.1, 0.15) is 18.2 Å². The molecule has 3 aromatic rings. The first kappa shape index (κ1) is 12.1. The molecule has 3 rings (SSSR count). The van der Waals surface area contributed by atoms with Gasteiger partial charge < -0.3 is 9.84 Å². The number of thiazole rings is 1. The van der Waals surface area contributed by atoms with Gasteiger partial charge in [-0.15, -0.1) is 11.3 Å². The second kappa shape index (κ2) is 4.99. The Kier molecular flexibility index (Phi) is 3.18. The minimum atomic E-state index is -0.390. The zero-order valence-electron chi connectivity index (χ0n) is 9.91. The van der Waals surface area contributed by atoms with Crippen LogP contribution in [0.25, 0.3) is 4.96 Å². The Hall–Kier alpha value is -1.92. The summed E-state index contributed by atoms with van der Waals surface area (Å²) in [7, 11) is 0. The van der Waals surface area contributed by atoms with Crippen LogP contribution in [0.4, 0.5) is 4.39 Å². The Morgan fingerprint density at radius 2 is 2.32 bits per heavy atom. The fourth-order valence-electron chi connectivity index (χ4n) is 1.81.